The van der Waals surface area contributed by atoms with Crippen molar-refractivity contribution in [1.29, 1.82) is 0 Å². The topological polar surface area (TPSA) is 92.9 Å². The van der Waals surface area contributed by atoms with Crippen LogP contribution < -0.4 is 5.73 Å². The first-order valence-electron chi connectivity index (χ1n) is 4.37. The van der Waals surface area contributed by atoms with Crippen molar-refractivity contribution >= 4 is 12.1 Å². The average Bonchev–Trinajstić information content (AvgIpc) is 2.64. The molecule has 1 aliphatic heterocycles. The van der Waals surface area contributed by atoms with Crippen molar-refractivity contribution < 1.29 is 19.4 Å². The van der Waals surface area contributed by atoms with E-state index in [4.69, 9.17) is 10.8 Å². The van der Waals surface area contributed by atoms with Gasteiger partial charge in [-0.25, -0.2) is 4.79 Å². The second-order valence-corrected chi connectivity index (χ2v) is 3.33. The van der Waals surface area contributed by atoms with Gasteiger partial charge in [0, 0.05) is 19.0 Å². The Morgan fingerprint density at radius 2 is 2.29 bits per heavy atom. The molecule has 1 heterocycles. The Kier molecular flexibility index (Phi) is 3.29. The summed E-state index contributed by atoms with van der Waals surface area (Å²) in [7, 11) is 1.27. The van der Waals surface area contributed by atoms with Gasteiger partial charge in [-0.3, -0.25) is 4.79 Å². The Morgan fingerprint density at radius 3 is 2.71 bits per heavy atom. The molecule has 2 atom stereocenters. The van der Waals surface area contributed by atoms with E-state index in [0.29, 0.717) is 19.5 Å². The molecule has 1 rings (SSSR count). The number of carbonyl (C=O) groups is 2. The first-order valence-corrected chi connectivity index (χ1v) is 4.37. The lowest BCUT2D eigenvalue weighted by Gasteiger charge is -2.16. The van der Waals surface area contributed by atoms with Crippen LogP contribution in [0.1, 0.15) is 6.42 Å². The Balaban J connectivity index is 2.49. The molecule has 6 nitrogen and oxygen atoms in total. The predicted octanol–water partition coefficient (Wildman–Crippen LogP) is -0.513. The first kappa shape index (κ1) is 10.8. The second-order valence-electron chi connectivity index (χ2n) is 3.33. The molecule has 80 valence electrons. The molecule has 0 radical (unpaired) electrons. The first-order chi connectivity index (χ1) is 6.56. The highest BCUT2D eigenvalue weighted by Gasteiger charge is 2.33. The number of rotatable bonds is 2. The van der Waals surface area contributed by atoms with Crippen molar-refractivity contribution in [2.24, 2.45) is 11.7 Å². The molecule has 6 heteroatoms. The fourth-order valence-electron chi connectivity index (χ4n) is 1.58. The van der Waals surface area contributed by atoms with Crippen LogP contribution in [0, 0.1) is 5.92 Å². The summed E-state index contributed by atoms with van der Waals surface area (Å²) in [6.07, 6.45) is -0.354. The summed E-state index contributed by atoms with van der Waals surface area (Å²) in [4.78, 5) is 22.9. The number of methoxy groups -OCH3 is 1. The van der Waals surface area contributed by atoms with Crippen molar-refractivity contribution in [2.75, 3.05) is 20.2 Å². The van der Waals surface area contributed by atoms with Gasteiger partial charge in [-0.2, -0.15) is 0 Å². The van der Waals surface area contributed by atoms with Crippen molar-refractivity contribution in [3.63, 3.8) is 0 Å². The maximum atomic E-state index is 11.1. The zero-order valence-electron chi connectivity index (χ0n) is 7.97. The zero-order chi connectivity index (χ0) is 10.7. The lowest BCUT2D eigenvalue weighted by molar-refractivity contribution is -0.143. The summed E-state index contributed by atoms with van der Waals surface area (Å²) >= 11 is 0. The van der Waals surface area contributed by atoms with Crippen molar-refractivity contribution in [1.82, 2.24) is 4.90 Å². The van der Waals surface area contributed by atoms with Gasteiger partial charge in [0.15, 0.2) is 0 Å². The number of hydrogen-bond acceptors (Lipinski definition) is 4. The van der Waals surface area contributed by atoms with Crippen LogP contribution in [-0.2, 0) is 9.53 Å². The van der Waals surface area contributed by atoms with Crippen LogP contribution in [-0.4, -0.2) is 48.3 Å². The smallest absolute Gasteiger partial charge is 0.407 e. The summed E-state index contributed by atoms with van der Waals surface area (Å²) < 4.78 is 4.49. The van der Waals surface area contributed by atoms with Gasteiger partial charge < -0.3 is 20.5 Å². The van der Waals surface area contributed by atoms with E-state index in [2.05, 4.69) is 4.74 Å². The molecule has 1 fully saturated rings. The number of ether oxygens (including phenoxy) is 1. The van der Waals surface area contributed by atoms with Gasteiger partial charge in [0.1, 0.15) is 6.04 Å². The number of carboxylic acid groups (broad SMARTS) is 1. The standard InChI is InChI=1S/C8H14N2O4/c1-14-7(11)6(9)5-2-3-10(4-5)8(12)13/h5-6H,2-4,9H2,1H3,(H,12,13). The van der Waals surface area contributed by atoms with Crippen molar-refractivity contribution in [3.05, 3.63) is 0 Å². The summed E-state index contributed by atoms with van der Waals surface area (Å²) in [6.45, 7) is 0.746. The predicted molar refractivity (Wildman–Crippen MR) is 47.7 cm³/mol. The summed E-state index contributed by atoms with van der Waals surface area (Å²) in [5.74, 6) is -0.610. The van der Waals surface area contributed by atoms with Crippen LogP contribution in [0.15, 0.2) is 0 Å². The number of likely N-dealkylation sites (tertiary alicyclic amines) is 1. The SMILES string of the molecule is COC(=O)C(N)C1CCN(C(=O)O)C1. The van der Waals surface area contributed by atoms with E-state index in [1.807, 2.05) is 0 Å². The molecule has 0 aromatic carbocycles. The van der Waals surface area contributed by atoms with Crippen LogP contribution in [0.5, 0.6) is 0 Å². The van der Waals surface area contributed by atoms with Crippen LogP contribution >= 0.6 is 0 Å². The minimum absolute atomic E-state index is 0.126. The van der Waals surface area contributed by atoms with Gasteiger partial charge in [0.2, 0.25) is 0 Å². The Labute approximate surface area is 81.6 Å². The Bertz CT molecular complexity index is 243. The largest absolute Gasteiger partial charge is 0.468 e. The van der Waals surface area contributed by atoms with Crippen molar-refractivity contribution in [3.8, 4) is 0 Å². The Hall–Kier alpha value is -1.30. The van der Waals surface area contributed by atoms with E-state index in [9.17, 15) is 9.59 Å². The molecule has 0 bridgehead atoms. The van der Waals surface area contributed by atoms with E-state index >= 15 is 0 Å². The maximum Gasteiger partial charge on any atom is 0.407 e. The molecule has 0 spiro atoms. The highest BCUT2D eigenvalue weighted by molar-refractivity contribution is 5.76. The molecule has 0 aromatic heterocycles. The third kappa shape index (κ3) is 2.14. The molecule has 3 N–H and O–H groups in total. The monoisotopic (exact) mass is 202 g/mol. The molecule has 0 aromatic rings. The van der Waals surface area contributed by atoms with E-state index in [0.717, 1.165) is 0 Å². The zero-order valence-corrected chi connectivity index (χ0v) is 7.97. The van der Waals surface area contributed by atoms with Gasteiger partial charge >= 0.3 is 12.1 Å². The second kappa shape index (κ2) is 4.28. The van der Waals surface area contributed by atoms with Gasteiger partial charge in [-0.1, -0.05) is 0 Å². The summed E-state index contributed by atoms with van der Waals surface area (Å²) in [5.41, 5.74) is 5.60. The van der Waals surface area contributed by atoms with Gasteiger partial charge in [-0.05, 0) is 6.42 Å². The van der Waals surface area contributed by atoms with Crippen LogP contribution in [0.2, 0.25) is 0 Å². The van der Waals surface area contributed by atoms with Gasteiger partial charge in [0.05, 0.1) is 7.11 Å². The van der Waals surface area contributed by atoms with Crippen LogP contribution in [0.25, 0.3) is 0 Å². The van der Waals surface area contributed by atoms with Gasteiger partial charge in [-0.15, -0.1) is 0 Å². The highest BCUT2D eigenvalue weighted by Crippen LogP contribution is 2.19. The van der Waals surface area contributed by atoms with E-state index in [1.165, 1.54) is 12.0 Å². The fraction of sp³-hybridized carbons (Fsp3) is 0.750. The minimum atomic E-state index is -0.968. The normalized spacial score (nSPS) is 23.3. The van der Waals surface area contributed by atoms with E-state index in [-0.39, 0.29) is 5.92 Å². The van der Waals surface area contributed by atoms with Gasteiger partial charge in [0.25, 0.3) is 0 Å². The van der Waals surface area contributed by atoms with E-state index < -0.39 is 18.1 Å². The van der Waals surface area contributed by atoms with Crippen LogP contribution in [0.4, 0.5) is 4.79 Å². The molecule has 1 saturated heterocycles. The maximum absolute atomic E-state index is 11.1. The number of carbonyl (C=O) groups excluding carboxylic acids is 1. The number of esters is 1. The van der Waals surface area contributed by atoms with Crippen LogP contribution in [0.3, 0.4) is 0 Å². The quantitative estimate of drug-likeness (QED) is 0.588. The summed E-state index contributed by atoms with van der Waals surface area (Å²) in [5, 5.41) is 8.68. The lowest BCUT2D eigenvalue weighted by Crippen LogP contribution is -2.40. The molecule has 2 unspecified atom stereocenters. The molecule has 0 aliphatic carbocycles. The molecule has 1 aliphatic rings. The lowest BCUT2D eigenvalue weighted by atomic mass is 10.0. The average molecular weight is 202 g/mol. The molecular weight excluding hydrogens is 188 g/mol. The fourth-order valence-corrected chi connectivity index (χ4v) is 1.58. The molecule has 14 heavy (non-hydrogen) atoms. The van der Waals surface area contributed by atoms with E-state index in [1.54, 1.807) is 0 Å². The number of nitrogens with two attached hydrogens (primary N) is 1. The Morgan fingerprint density at radius 1 is 1.64 bits per heavy atom. The molecule has 1 amide bonds. The third-order valence-electron chi connectivity index (χ3n) is 2.48. The third-order valence-corrected chi connectivity index (χ3v) is 2.48. The molecule has 0 saturated carbocycles. The number of nitrogens with zero attached hydrogens (tertiary/aromatic N) is 1. The van der Waals surface area contributed by atoms with Crippen molar-refractivity contribution in [2.45, 2.75) is 12.5 Å². The highest BCUT2D eigenvalue weighted by atomic mass is 16.5. The number of hydrogen-bond donors (Lipinski definition) is 2. The number of amides is 1. The minimum Gasteiger partial charge on any atom is -0.468 e. The summed E-state index contributed by atoms with van der Waals surface area (Å²) in [6, 6.07) is -0.718. The molecular formula is C8H14N2O4.